The standard InChI is InChI=1S/C18H18N4O2/c1-2-4-15(5-3-1)17-20-18(21-24-17)22-11-8-16(12-22)23-13-14-6-9-19-10-7-14/h1-7,9-10,16H,8,11-13H2/t16-/m0/s1. The summed E-state index contributed by atoms with van der Waals surface area (Å²) in [4.78, 5) is 10.6. The van der Waals surface area contributed by atoms with Gasteiger partial charge in [0.15, 0.2) is 0 Å². The molecule has 0 aliphatic carbocycles. The molecule has 0 N–H and O–H groups in total. The van der Waals surface area contributed by atoms with E-state index in [-0.39, 0.29) is 6.10 Å². The molecule has 0 amide bonds. The van der Waals surface area contributed by atoms with Crippen molar-refractivity contribution in [3.05, 3.63) is 60.4 Å². The maximum Gasteiger partial charge on any atom is 0.266 e. The van der Waals surface area contributed by atoms with E-state index >= 15 is 0 Å². The Labute approximate surface area is 140 Å². The average Bonchev–Trinajstić information content (AvgIpc) is 3.31. The summed E-state index contributed by atoms with van der Waals surface area (Å²) >= 11 is 0. The topological polar surface area (TPSA) is 64.3 Å². The minimum Gasteiger partial charge on any atom is -0.372 e. The second-order valence-corrected chi connectivity index (χ2v) is 5.79. The third-order valence-electron chi connectivity index (χ3n) is 4.10. The summed E-state index contributed by atoms with van der Waals surface area (Å²) in [5.74, 6) is 1.18. The first kappa shape index (κ1) is 14.8. The Hall–Kier alpha value is -2.73. The van der Waals surface area contributed by atoms with Crippen LogP contribution in [-0.2, 0) is 11.3 Å². The fourth-order valence-electron chi connectivity index (χ4n) is 2.78. The predicted molar refractivity (Wildman–Crippen MR) is 89.4 cm³/mol. The molecule has 1 fully saturated rings. The quantitative estimate of drug-likeness (QED) is 0.719. The number of pyridine rings is 1. The molecule has 3 aromatic rings. The highest BCUT2D eigenvalue weighted by atomic mass is 16.5. The number of anilines is 1. The fourth-order valence-corrected chi connectivity index (χ4v) is 2.78. The van der Waals surface area contributed by atoms with Crippen molar-refractivity contribution in [3.8, 4) is 11.5 Å². The van der Waals surface area contributed by atoms with Crippen LogP contribution in [-0.4, -0.2) is 34.3 Å². The van der Waals surface area contributed by atoms with Gasteiger partial charge in [-0.15, -0.1) is 0 Å². The van der Waals surface area contributed by atoms with E-state index in [1.165, 1.54) is 0 Å². The fraction of sp³-hybridized carbons (Fsp3) is 0.278. The largest absolute Gasteiger partial charge is 0.372 e. The zero-order valence-electron chi connectivity index (χ0n) is 13.2. The van der Waals surface area contributed by atoms with Crippen LogP contribution in [0.15, 0.2) is 59.4 Å². The van der Waals surface area contributed by atoms with Gasteiger partial charge in [-0.05, 0) is 41.4 Å². The highest BCUT2D eigenvalue weighted by Crippen LogP contribution is 2.23. The van der Waals surface area contributed by atoms with Crippen LogP contribution in [0, 0.1) is 0 Å². The zero-order chi connectivity index (χ0) is 16.2. The first-order valence-electron chi connectivity index (χ1n) is 8.03. The number of aromatic nitrogens is 3. The van der Waals surface area contributed by atoms with Crippen molar-refractivity contribution in [2.75, 3.05) is 18.0 Å². The molecule has 0 bridgehead atoms. The van der Waals surface area contributed by atoms with Crippen molar-refractivity contribution in [2.45, 2.75) is 19.1 Å². The minimum absolute atomic E-state index is 0.178. The van der Waals surface area contributed by atoms with Gasteiger partial charge >= 0.3 is 0 Å². The Kier molecular flexibility index (Phi) is 4.20. The molecule has 6 nitrogen and oxygen atoms in total. The maximum absolute atomic E-state index is 5.98. The van der Waals surface area contributed by atoms with Crippen LogP contribution in [0.4, 0.5) is 5.95 Å². The first-order valence-corrected chi connectivity index (χ1v) is 8.03. The number of hydrogen-bond acceptors (Lipinski definition) is 6. The molecule has 1 saturated heterocycles. The van der Waals surface area contributed by atoms with Gasteiger partial charge in [0.25, 0.3) is 11.8 Å². The Bertz CT molecular complexity index is 776. The Morgan fingerprint density at radius 1 is 1.12 bits per heavy atom. The second kappa shape index (κ2) is 6.80. The lowest BCUT2D eigenvalue weighted by atomic mass is 10.2. The van der Waals surface area contributed by atoms with Gasteiger partial charge in [-0.25, -0.2) is 0 Å². The van der Waals surface area contributed by atoms with Crippen LogP contribution in [0.25, 0.3) is 11.5 Å². The van der Waals surface area contributed by atoms with Crippen molar-refractivity contribution >= 4 is 5.95 Å². The molecule has 6 heteroatoms. The van der Waals surface area contributed by atoms with Crippen molar-refractivity contribution in [1.29, 1.82) is 0 Å². The highest BCUT2D eigenvalue weighted by Gasteiger charge is 2.26. The van der Waals surface area contributed by atoms with Crippen molar-refractivity contribution in [3.63, 3.8) is 0 Å². The lowest BCUT2D eigenvalue weighted by Crippen LogP contribution is -2.23. The number of ether oxygens (including phenoxy) is 1. The Morgan fingerprint density at radius 2 is 1.96 bits per heavy atom. The van der Waals surface area contributed by atoms with Crippen LogP contribution < -0.4 is 4.90 Å². The van der Waals surface area contributed by atoms with Crippen molar-refractivity contribution in [2.24, 2.45) is 0 Å². The van der Waals surface area contributed by atoms with Gasteiger partial charge in [-0.1, -0.05) is 18.2 Å². The molecule has 1 aliphatic heterocycles. The SMILES string of the molecule is c1ccc(-c2nc(N3CC[C@H](OCc4ccncc4)C3)no2)cc1. The molecule has 2 aromatic heterocycles. The van der Waals surface area contributed by atoms with Crippen LogP contribution in [0.1, 0.15) is 12.0 Å². The molecule has 122 valence electrons. The molecule has 1 aliphatic rings. The summed E-state index contributed by atoms with van der Waals surface area (Å²) in [6, 6.07) is 13.7. The Morgan fingerprint density at radius 3 is 2.79 bits per heavy atom. The summed E-state index contributed by atoms with van der Waals surface area (Å²) in [6.07, 6.45) is 4.70. The first-order chi connectivity index (χ1) is 11.9. The summed E-state index contributed by atoms with van der Waals surface area (Å²) in [5, 5.41) is 4.10. The Balaban J connectivity index is 1.36. The summed E-state index contributed by atoms with van der Waals surface area (Å²) < 4.78 is 11.4. The van der Waals surface area contributed by atoms with Gasteiger partial charge in [-0.3, -0.25) is 4.98 Å². The van der Waals surface area contributed by atoms with E-state index in [9.17, 15) is 0 Å². The minimum atomic E-state index is 0.178. The van der Waals surface area contributed by atoms with Gasteiger partial charge in [0.2, 0.25) is 0 Å². The van der Waals surface area contributed by atoms with E-state index in [2.05, 4.69) is 20.0 Å². The molecule has 0 unspecified atom stereocenters. The van der Waals surface area contributed by atoms with Gasteiger partial charge < -0.3 is 14.2 Å². The normalized spacial score (nSPS) is 17.3. The average molecular weight is 322 g/mol. The van der Waals surface area contributed by atoms with Crippen LogP contribution in [0.2, 0.25) is 0 Å². The number of hydrogen-bond donors (Lipinski definition) is 0. The zero-order valence-corrected chi connectivity index (χ0v) is 13.2. The molecule has 1 aromatic carbocycles. The molecule has 1 atom stereocenters. The molecule has 0 radical (unpaired) electrons. The molecule has 4 rings (SSSR count). The van der Waals surface area contributed by atoms with Gasteiger partial charge in [0.1, 0.15) is 0 Å². The van der Waals surface area contributed by atoms with Gasteiger partial charge in [0, 0.05) is 31.0 Å². The highest BCUT2D eigenvalue weighted by molar-refractivity contribution is 5.54. The lowest BCUT2D eigenvalue weighted by molar-refractivity contribution is 0.0552. The molecule has 24 heavy (non-hydrogen) atoms. The smallest absolute Gasteiger partial charge is 0.266 e. The maximum atomic E-state index is 5.98. The summed E-state index contributed by atoms with van der Waals surface area (Å²) in [6.45, 7) is 2.25. The monoisotopic (exact) mass is 322 g/mol. The van der Waals surface area contributed by atoms with E-state index in [0.29, 0.717) is 18.4 Å². The van der Waals surface area contributed by atoms with Crippen LogP contribution >= 0.6 is 0 Å². The predicted octanol–water partition coefficient (Wildman–Crippen LogP) is 2.93. The molecular weight excluding hydrogens is 304 g/mol. The third-order valence-corrected chi connectivity index (χ3v) is 4.10. The van der Waals surface area contributed by atoms with Gasteiger partial charge in [-0.2, -0.15) is 4.98 Å². The molecular formula is C18H18N4O2. The van der Waals surface area contributed by atoms with Crippen LogP contribution in [0.3, 0.4) is 0 Å². The van der Waals surface area contributed by atoms with Crippen molar-refractivity contribution in [1.82, 2.24) is 15.1 Å². The molecule has 0 spiro atoms. The summed E-state index contributed by atoms with van der Waals surface area (Å²) in [5.41, 5.74) is 2.07. The van der Waals surface area contributed by atoms with Gasteiger partial charge in [0.05, 0.1) is 12.7 Å². The van der Waals surface area contributed by atoms with Crippen molar-refractivity contribution < 1.29 is 9.26 Å². The van der Waals surface area contributed by atoms with E-state index in [0.717, 1.165) is 30.6 Å². The molecule has 3 heterocycles. The lowest BCUT2D eigenvalue weighted by Gasteiger charge is -2.14. The summed E-state index contributed by atoms with van der Waals surface area (Å²) in [7, 11) is 0. The number of rotatable bonds is 5. The van der Waals surface area contributed by atoms with E-state index in [1.54, 1.807) is 12.4 Å². The second-order valence-electron chi connectivity index (χ2n) is 5.79. The third kappa shape index (κ3) is 3.28. The number of benzene rings is 1. The van der Waals surface area contributed by atoms with E-state index in [1.807, 2.05) is 42.5 Å². The van der Waals surface area contributed by atoms with Crippen LogP contribution in [0.5, 0.6) is 0 Å². The molecule has 0 saturated carbocycles. The number of nitrogens with zero attached hydrogens (tertiary/aromatic N) is 4. The van der Waals surface area contributed by atoms with E-state index < -0.39 is 0 Å². The van der Waals surface area contributed by atoms with E-state index in [4.69, 9.17) is 9.26 Å².